The first-order chi connectivity index (χ1) is 8.04. The molecule has 1 rings (SSSR count). The number of nitrogens with two attached hydrogens (primary N) is 1. The van der Waals surface area contributed by atoms with Crippen molar-refractivity contribution >= 4 is 5.91 Å². The molecule has 1 amide bonds. The number of amides is 1. The third-order valence-electron chi connectivity index (χ3n) is 3.47. The smallest absolute Gasteiger partial charge is 0.236 e. The van der Waals surface area contributed by atoms with E-state index in [-0.39, 0.29) is 12.0 Å². The van der Waals surface area contributed by atoms with E-state index in [1.165, 1.54) is 0 Å². The first-order valence-corrected chi connectivity index (χ1v) is 6.39. The van der Waals surface area contributed by atoms with Gasteiger partial charge in [-0.1, -0.05) is 0 Å². The molecule has 1 fully saturated rings. The number of likely N-dealkylation sites (N-methyl/N-ethyl adjacent to an activating group) is 1. The van der Waals surface area contributed by atoms with Crippen LogP contribution in [-0.4, -0.2) is 66.7 Å². The van der Waals surface area contributed by atoms with E-state index in [4.69, 9.17) is 5.73 Å². The van der Waals surface area contributed by atoms with Gasteiger partial charge >= 0.3 is 0 Å². The maximum absolute atomic E-state index is 11.9. The summed E-state index contributed by atoms with van der Waals surface area (Å²) >= 11 is 0. The lowest BCUT2D eigenvalue weighted by Crippen LogP contribution is -2.38. The lowest BCUT2D eigenvalue weighted by Gasteiger charge is -2.21. The second-order valence-electron chi connectivity index (χ2n) is 4.98. The van der Waals surface area contributed by atoms with E-state index in [2.05, 4.69) is 4.90 Å². The van der Waals surface area contributed by atoms with E-state index in [1.807, 2.05) is 14.0 Å². The first-order valence-electron chi connectivity index (χ1n) is 6.39. The molecule has 3 N–H and O–H groups in total. The highest BCUT2D eigenvalue weighted by Crippen LogP contribution is 2.19. The molecule has 2 unspecified atom stereocenters. The number of aliphatic hydroxyl groups is 1. The molecule has 5 heteroatoms. The Morgan fingerprint density at radius 3 is 2.88 bits per heavy atom. The fourth-order valence-electron chi connectivity index (χ4n) is 2.17. The molecular weight excluding hydrogens is 218 g/mol. The van der Waals surface area contributed by atoms with Gasteiger partial charge in [-0.2, -0.15) is 0 Å². The number of carbonyl (C=O) groups is 1. The largest absolute Gasteiger partial charge is 0.393 e. The molecule has 100 valence electrons. The van der Waals surface area contributed by atoms with Gasteiger partial charge in [-0.25, -0.2) is 0 Å². The second-order valence-corrected chi connectivity index (χ2v) is 4.98. The number of rotatable bonds is 6. The van der Waals surface area contributed by atoms with Gasteiger partial charge in [-0.3, -0.25) is 9.69 Å². The van der Waals surface area contributed by atoms with Gasteiger partial charge in [0.25, 0.3) is 0 Å². The van der Waals surface area contributed by atoms with Crippen LogP contribution >= 0.6 is 0 Å². The summed E-state index contributed by atoms with van der Waals surface area (Å²) in [6.07, 6.45) is 1.56. The van der Waals surface area contributed by atoms with E-state index in [9.17, 15) is 9.90 Å². The molecule has 1 heterocycles. The monoisotopic (exact) mass is 243 g/mol. The standard InChI is InChI=1S/C12H25N3O2/c1-10(16)11-4-7-15(8-11)9-12(17)14(2)6-3-5-13/h10-11,16H,3-9,13H2,1-2H3. The van der Waals surface area contributed by atoms with Crippen molar-refractivity contribution in [1.29, 1.82) is 0 Å². The zero-order valence-corrected chi connectivity index (χ0v) is 10.9. The average molecular weight is 243 g/mol. The van der Waals surface area contributed by atoms with Crippen molar-refractivity contribution in [3.8, 4) is 0 Å². The molecule has 0 aromatic carbocycles. The molecular formula is C12H25N3O2. The fraction of sp³-hybridized carbons (Fsp3) is 0.917. The Balaban J connectivity index is 2.28. The summed E-state index contributed by atoms with van der Waals surface area (Å²) < 4.78 is 0. The van der Waals surface area contributed by atoms with Crippen molar-refractivity contribution in [3.05, 3.63) is 0 Å². The molecule has 0 radical (unpaired) electrons. The van der Waals surface area contributed by atoms with Gasteiger partial charge in [0.05, 0.1) is 12.6 Å². The number of carbonyl (C=O) groups excluding carboxylic acids is 1. The number of likely N-dealkylation sites (tertiary alicyclic amines) is 1. The van der Waals surface area contributed by atoms with Crippen LogP contribution in [0, 0.1) is 5.92 Å². The van der Waals surface area contributed by atoms with Crippen LogP contribution in [0.25, 0.3) is 0 Å². The SMILES string of the molecule is CC(O)C1CCN(CC(=O)N(C)CCCN)C1. The Morgan fingerprint density at radius 1 is 1.65 bits per heavy atom. The molecule has 2 atom stereocenters. The Morgan fingerprint density at radius 2 is 2.35 bits per heavy atom. The normalized spacial score (nSPS) is 22.7. The van der Waals surface area contributed by atoms with E-state index >= 15 is 0 Å². The van der Waals surface area contributed by atoms with Gasteiger partial charge in [0.2, 0.25) is 5.91 Å². The van der Waals surface area contributed by atoms with Crippen molar-refractivity contribution in [1.82, 2.24) is 9.80 Å². The minimum atomic E-state index is -0.273. The van der Waals surface area contributed by atoms with Crippen LogP contribution in [0.4, 0.5) is 0 Å². The number of hydrogen-bond acceptors (Lipinski definition) is 4. The molecule has 0 spiro atoms. The van der Waals surface area contributed by atoms with E-state index in [0.29, 0.717) is 19.0 Å². The average Bonchev–Trinajstić information content (AvgIpc) is 2.74. The van der Waals surface area contributed by atoms with Gasteiger partial charge in [-0.05, 0) is 38.8 Å². The topological polar surface area (TPSA) is 69.8 Å². The molecule has 0 aromatic heterocycles. The van der Waals surface area contributed by atoms with E-state index < -0.39 is 0 Å². The molecule has 1 aliphatic rings. The molecule has 17 heavy (non-hydrogen) atoms. The Bertz CT molecular complexity index is 246. The predicted octanol–water partition coefficient (Wildman–Crippen LogP) is -0.504. The molecule has 1 saturated heterocycles. The molecule has 5 nitrogen and oxygen atoms in total. The highest BCUT2D eigenvalue weighted by Gasteiger charge is 2.27. The quantitative estimate of drug-likeness (QED) is 0.659. The second kappa shape index (κ2) is 6.93. The van der Waals surface area contributed by atoms with E-state index in [0.717, 1.165) is 32.5 Å². The maximum atomic E-state index is 11.9. The molecule has 0 aliphatic carbocycles. The number of aliphatic hydroxyl groups excluding tert-OH is 1. The summed E-state index contributed by atoms with van der Waals surface area (Å²) in [5.41, 5.74) is 5.42. The summed E-state index contributed by atoms with van der Waals surface area (Å²) in [6, 6.07) is 0. The number of hydrogen-bond donors (Lipinski definition) is 2. The summed E-state index contributed by atoms with van der Waals surface area (Å²) in [7, 11) is 1.82. The Kier molecular flexibility index (Phi) is 5.88. The van der Waals surface area contributed by atoms with Gasteiger partial charge in [0.1, 0.15) is 0 Å². The van der Waals surface area contributed by atoms with Crippen molar-refractivity contribution in [2.75, 3.05) is 39.8 Å². The minimum Gasteiger partial charge on any atom is -0.393 e. The van der Waals surface area contributed by atoms with Gasteiger partial charge in [-0.15, -0.1) is 0 Å². The third kappa shape index (κ3) is 4.61. The zero-order chi connectivity index (χ0) is 12.8. The van der Waals surface area contributed by atoms with Crippen LogP contribution in [0.1, 0.15) is 19.8 Å². The summed E-state index contributed by atoms with van der Waals surface area (Å²) in [5.74, 6) is 0.460. The van der Waals surface area contributed by atoms with Crippen molar-refractivity contribution in [2.24, 2.45) is 11.7 Å². The van der Waals surface area contributed by atoms with Gasteiger partial charge in [0.15, 0.2) is 0 Å². The van der Waals surface area contributed by atoms with Crippen LogP contribution in [0.5, 0.6) is 0 Å². The van der Waals surface area contributed by atoms with E-state index in [1.54, 1.807) is 4.90 Å². The van der Waals surface area contributed by atoms with Crippen LogP contribution in [-0.2, 0) is 4.79 Å². The Hall–Kier alpha value is -0.650. The minimum absolute atomic E-state index is 0.143. The van der Waals surface area contributed by atoms with Crippen LogP contribution in [0.3, 0.4) is 0 Å². The summed E-state index contributed by atoms with van der Waals surface area (Å²) in [6.45, 7) is 5.36. The van der Waals surface area contributed by atoms with Gasteiger partial charge < -0.3 is 15.7 Å². The molecule has 0 aromatic rings. The highest BCUT2D eigenvalue weighted by molar-refractivity contribution is 5.78. The van der Waals surface area contributed by atoms with Crippen molar-refractivity contribution < 1.29 is 9.90 Å². The maximum Gasteiger partial charge on any atom is 0.236 e. The van der Waals surface area contributed by atoms with Crippen LogP contribution < -0.4 is 5.73 Å². The van der Waals surface area contributed by atoms with Crippen LogP contribution in [0.2, 0.25) is 0 Å². The predicted molar refractivity (Wildman–Crippen MR) is 67.5 cm³/mol. The lowest BCUT2D eigenvalue weighted by atomic mass is 10.0. The lowest BCUT2D eigenvalue weighted by molar-refractivity contribution is -0.131. The van der Waals surface area contributed by atoms with Crippen molar-refractivity contribution in [3.63, 3.8) is 0 Å². The van der Waals surface area contributed by atoms with Gasteiger partial charge in [0, 0.05) is 20.1 Å². The third-order valence-corrected chi connectivity index (χ3v) is 3.47. The molecule has 1 aliphatic heterocycles. The van der Waals surface area contributed by atoms with Crippen molar-refractivity contribution in [2.45, 2.75) is 25.9 Å². The number of nitrogens with zero attached hydrogens (tertiary/aromatic N) is 2. The fourth-order valence-corrected chi connectivity index (χ4v) is 2.17. The molecule has 0 saturated carbocycles. The highest BCUT2D eigenvalue weighted by atomic mass is 16.3. The summed E-state index contributed by atoms with van der Waals surface area (Å²) in [4.78, 5) is 15.7. The van der Waals surface area contributed by atoms with Crippen LogP contribution in [0.15, 0.2) is 0 Å². The molecule has 0 bridgehead atoms. The zero-order valence-electron chi connectivity index (χ0n) is 10.9. The Labute approximate surface area is 104 Å². The summed E-state index contributed by atoms with van der Waals surface area (Å²) in [5, 5.41) is 9.49. The first kappa shape index (κ1) is 14.4.